The maximum Gasteiger partial charge on any atom is 0.263 e. The summed E-state index contributed by atoms with van der Waals surface area (Å²) in [6.07, 6.45) is 7.99. The molecule has 1 amide bonds. The van der Waals surface area contributed by atoms with Gasteiger partial charge >= 0.3 is 0 Å². The first-order valence-electron chi connectivity index (χ1n) is 11.5. The maximum atomic E-state index is 13.7. The van der Waals surface area contributed by atoms with E-state index in [1.165, 1.54) is 28.6 Å². The third kappa shape index (κ3) is 4.15. The first-order chi connectivity index (χ1) is 15.5. The lowest BCUT2D eigenvalue weighted by molar-refractivity contribution is -0.131. The predicted molar refractivity (Wildman–Crippen MR) is 129 cm³/mol. The molecule has 0 aromatic carbocycles. The number of amides is 1. The normalized spacial score (nSPS) is 19.8. The van der Waals surface area contributed by atoms with E-state index in [0.717, 1.165) is 55.4 Å². The van der Waals surface area contributed by atoms with Crippen LogP contribution in [0.4, 0.5) is 0 Å². The molecule has 4 heterocycles. The number of aryl methyl sites for hydroxylation is 1. The lowest BCUT2D eigenvalue weighted by Crippen LogP contribution is -2.40. The number of thiophene rings is 1. The molecule has 8 heteroatoms. The fraction of sp³-hybridized carbons (Fsp3) is 0.542. The van der Waals surface area contributed by atoms with Gasteiger partial charge in [-0.3, -0.25) is 14.2 Å². The number of carbonyl (C=O) groups excluding carboxylic acids is 1. The lowest BCUT2D eigenvalue weighted by Gasteiger charge is -2.29. The van der Waals surface area contributed by atoms with Crippen molar-refractivity contribution in [1.29, 1.82) is 0 Å². The van der Waals surface area contributed by atoms with E-state index >= 15 is 0 Å². The zero-order chi connectivity index (χ0) is 22.2. The highest BCUT2D eigenvalue weighted by molar-refractivity contribution is 8.00. The van der Waals surface area contributed by atoms with Gasteiger partial charge in [-0.05, 0) is 69.1 Å². The number of fused-ring (bicyclic) bond motifs is 3. The number of hydrogen-bond donors (Lipinski definition) is 0. The fourth-order valence-electron chi connectivity index (χ4n) is 4.77. The van der Waals surface area contributed by atoms with E-state index < -0.39 is 0 Å². The first kappa shape index (κ1) is 21.8. The largest absolute Gasteiger partial charge is 0.467 e. The second-order valence-electron chi connectivity index (χ2n) is 9.04. The maximum absolute atomic E-state index is 13.7. The molecular formula is C24H29N3O3S2. The molecule has 1 fully saturated rings. The highest BCUT2D eigenvalue weighted by Crippen LogP contribution is 2.37. The monoisotopic (exact) mass is 471 g/mol. The summed E-state index contributed by atoms with van der Waals surface area (Å²) >= 11 is 3.05. The zero-order valence-electron chi connectivity index (χ0n) is 18.6. The molecule has 0 N–H and O–H groups in total. The van der Waals surface area contributed by atoms with Crippen LogP contribution >= 0.6 is 23.1 Å². The number of thioether (sulfide) groups is 1. The van der Waals surface area contributed by atoms with Gasteiger partial charge < -0.3 is 9.32 Å². The van der Waals surface area contributed by atoms with Gasteiger partial charge in [0.1, 0.15) is 10.6 Å². The van der Waals surface area contributed by atoms with Crippen molar-refractivity contribution in [3.63, 3.8) is 0 Å². The molecule has 2 unspecified atom stereocenters. The number of furan rings is 1. The molecule has 6 nitrogen and oxygen atoms in total. The number of nitrogens with zero attached hydrogens (tertiary/aromatic N) is 3. The summed E-state index contributed by atoms with van der Waals surface area (Å²) in [5.41, 5.74) is 1.17. The second kappa shape index (κ2) is 9.06. The van der Waals surface area contributed by atoms with Crippen molar-refractivity contribution in [2.75, 3.05) is 13.1 Å². The average Bonchev–Trinajstić information content (AvgIpc) is 3.43. The van der Waals surface area contributed by atoms with Crippen molar-refractivity contribution in [2.24, 2.45) is 5.92 Å². The Bertz CT molecular complexity index is 1180. The van der Waals surface area contributed by atoms with Crippen LogP contribution in [0.1, 0.15) is 55.7 Å². The van der Waals surface area contributed by atoms with Crippen LogP contribution in [0.5, 0.6) is 0 Å². The Balaban J connectivity index is 1.54. The van der Waals surface area contributed by atoms with Gasteiger partial charge in [0.25, 0.3) is 5.56 Å². The summed E-state index contributed by atoms with van der Waals surface area (Å²) in [5.74, 6) is 1.48. The zero-order valence-corrected chi connectivity index (χ0v) is 20.3. The minimum Gasteiger partial charge on any atom is -0.467 e. The fourth-order valence-corrected chi connectivity index (χ4v) is 7.19. The van der Waals surface area contributed by atoms with E-state index in [-0.39, 0.29) is 16.7 Å². The second-order valence-corrected chi connectivity index (χ2v) is 11.4. The molecule has 1 saturated heterocycles. The Hall–Kier alpha value is -2.06. The van der Waals surface area contributed by atoms with Crippen LogP contribution < -0.4 is 5.56 Å². The van der Waals surface area contributed by atoms with E-state index in [1.54, 1.807) is 22.2 Å². The summed E-state index contributed by atoms with van der Waals surface area (Å²) in [7, 11) is 0. The number of carbonyl (C=O) groups is 1. The molecule has 3 aromatic rings. The SMILES string of the molecule is CC1CCc2c(sc3nc(SC(C)C(=O)N4CCCCC4)n(Cc4ccco4)c(=O)c23)C1. The molecule has 3 aromatic heterocycles. The van der Waals surface area contributed by atoms with Crippen molar-refractivity contribution >= 4 is 39.2 Å². The molecular weight excluding hydrogens is 442 g/mol. The van der Waals surface area contributed by atoms with Gasteiger partial charge in [-0.1, -0.05) is 18.7 Å². The molecule has 0 radical (unpaired) electrons. The van der Waals surface area contributed by atoms with Gasteiger partial charge in [0.15, 0.2) is 5.16 Å². The lowest BCUT2D eigenvalue weighted by atomic mass is 9.89. The van der Waals surface area contributed by atoms with Crippen LogP contribution in [0, 0.1) is 5.92 Å². The number of aromatic nitrogens is 2. The molecule has 0 spiro atoms. The van der Waals surface area contributed by atoms with Gasteiger partial charge in [0, 0.05) is 18.0 Å². The van der Waals surface area contributed by atoms with Gasteiger partial charge in [-0.2, -0.15) is 0 Å². The van der Waals surface area contributed by atoms with E-state index in [4.69, 9.17) is 9.40 Å². The Morgan fingerprint density at radius 3 is 2.91 bits per heavy atom. The summed E-state index contributed by atoms with van der Waals surface area (Å²) < 4.78 is 7.25. The van der Waals surface area contributed by atoms with Crippen LogP contribution in [0.3, 0.4) is 0 Å². The van der Waals surface area contributed by atoms with Crippen molar-refractivity contribution in [3.8, 4) is 0 Å². The van der Waals surface area contributed by atoms with Crippen LogP contribution in [0.25, 0.3) is 10.2 Å². The molecule has 32 heavy (non-hydrogen) atoms. The van der Waals surface area contributed by atoms with Crippen molar-refractivity contribution in [3.05, 3.63) is 45.0 Å². The molecule has 1 aliphatic carbocycles. The molecule has 170 valence electrons. The molecule has 2 aliphatic rings. The van der Waals surface area contributed by atoms with Crippen LogP contribution in [0.15, 0.2) is 32.8 Å². The van der Waals surface area contributed by atoms with E-state index in [1.807, 2.05) is 24.0 Å². The summed E-state index contributed by atoms with van der Waals surface area (Å²) in [4.78, 5) is 35.8. The Kier molecular flexibility index (Phi) is 6.16. The molecule has 5 rings (SSSR count). The van der Waals surface area contributed by atoms with Crippen molar-refractivity contribution < 1.29 is 9.21 Å². The Labute approximate surface area is 196 Å². The third-order valence-corrected chi connectivity index (χ3v) is 8.80. The summed E-state index contributed by atoms with van der Waals surface area (Å²) in [6.45, 7) is 6.17. The standard InChI is InChI=1S/C24H29N3O3S2/c1-15-8-9-18-19(13-15)32-21-20(18)23(29)27(14-17-7-6-12-30-17)24(25-21)31-16(2)22(28)26-10-4-3-5-11-26/h6-7,12,15-16H,3-5,8-11,13-14H2,1-2H3. The average molecular weight is 472 g/mol. The van der Waals surface area contributed by atoms with Gasteiger partial charge in [0.2, 0.25) is 5.91 Å². The van der Waals surface area contributed by atoms with Crippen LogP contribution in [-0.2, 0) is 24.2 Å². The number of hydrogen-bond acceptors (Lipinski definition) is 6. The summed E-state index contributed by atoms with van der Waals surface area (Å²) in [6, 6.07) is 3.70. The summed E-state index contributed by atoms with van der Waals surface area (Å²) in [5, 5.41) is 1.07. The third-order valence-electron chi connectivity index (χ3n) is 6.57. The number of piperidine rings is 1. The highest BCUT2D eigenvalue weighted by Gasteiger charge is 2.28. The van der Waals surface area contributed by atoms with Crippen molar-refractivity contribution in [2.45, 2.75) is 69.3 Å². The van der Waals surface area contributed by atoms with E-state index in [0.29, 0.717) is 23.4 Å². The van der Waals surface area contributed by atoms with E-state index in [9.17, 15) is 9.59 Å². The van der Waals surface area contributed by atoms with Crippen molar-refractivity contribution in [1.82, 2.24) is 14.5 Å². The highest BCUT2D eigenvalue weighted by atomic mass is 32.2. The quantitative estimate of drug-likeness (QED) is 0.398. The topological polar surface area (TPSA) is 68.3 Å². The molecule has 0 bridgehead atoms. The predicted octanol–water partition coefficient (Wildman–Crippen LogP) is 4.72. The van der Waals surface area contributed by atoms with Crippen LogP contribution in [-0.4, -0.2) is 38.7 Å². The van der Waals surface area contributed by atoms with Crippen LogP contribution in [0.2, 0.25) is 0 Å². The van der Waals surface area contributed by atoms with Gasteiger partial charge in [0.05, 0.1) is 23.4 Å². The minimum absolute atomic E-state index is 0.0152. The Morgan fingerprint density at radius 1 is 1.34 bits per heavy atom. The molecule has 2 atom stereocenters. The molecule has 1 aliphatic heterocycles. The van der Waals surface area contributed by atoms with E-state index in [2.05, 4.69) is 6.92 Å². The number of likely N-dealkylation sites (tertiary alicyclic amines) is 1. The Morgan fingerprint density at radius 2 is 2.16 bits per heavy atom. The van der Waals surface area contributed by atoms with Gasteiger partial charge in [-0.25, -0.2) is 4.98 Å². The number of rotatable bonds is 5. The molecule has 0 saturated carbocycles. The van der Waals surface area contributed by atoms with Gasteiger partial charge in [-0.15, -0.1) is 11.3 Å². The first-order valence-corrected chi connectivity index (χ1v) is 13.2. The minimum atomic E-state index is -0.296. The smallest absolute Gasteiger partial charge is 0.263 e.